The van der Waals surface area contributed by atoms with E-state index in [-0.39, 0.29) is 0 Å². The molecule has 3 rings (SSSR count). The molecule has 0 bridgehead atoms. The van der Waals surface area contributed by atoms with Crippen LogP contribution in [0.15, 0.2) is 42.7 Å². The second-order valence-corrected chi connectivity index (χ2v) is 4.77. The van der Waals surface area contributed by atoms with Gasteiger partial charge in [-0.2, -0.15) is 0 Å². The molecule has 0 aliphatic heterocycles. The van der Waals surface area contributed by atoms with Crippen LogP contribution in [0.5, 0.6) is 0 Å². The van der Waals surface area contributed by atoms with Gasteiger partial charge in [-0.05, 0) is 37.3 Å². The first-order valence-electron chi connectivity index (χ1n) is 6.46. The van der Waals surface area contributed by atoms with E-state index < -0.39 is 5.97 Å². The maximum absolute atomic E-state index is 12.2. The van der Waals surface area contributed by atoms with Crippen LogP contribution in [0.3, 0.4) is 0 Å². The number of nitrogens with zero attached hydrogens (tertiary/aromatic N) is 3. The van der Waals surface area contributed by atoms with Crippen molar-refractivity contribution in [3.63, 3.8) is 0 Å². The van der Waals surface area contributed by atoms with Crippen molar-refractivity contribution in [2.75, 3.05) is 6.61 Å². The standard InChI is InChI=1S/C15H12ClN3O2/c1-2-21-14(20)13-9-10-8-11(16)4-5-12(10)19(13)15-17-6-3-7-18-15/h3-9H,2H2,1H3. The molecule has 1 aromatic carbocycles. The highest BCUT2D eigenvalue weighted by Crippen LogP contribution is 2.26. The summed E-state index contributed by atoms with van der Waals surface area (Å²) in [6.45, 7) is 2.07. The topological polar surface area (TPSA) is 57.0 Å². The fourth-order valence-corrected chi connectivity index (χ4v) is 2.34. The van der Waals surface area contributed by atoms with Crippen LogP contribution in [0.25, 0.3) is 16.9 Å². The normalized spacial score (nSPS) is 10.8. The number of hydrogen-bond acceptors (Lipinski definition) is 4. The summed E-state index contributed by atoms with van der Waals surface area (Å²) in [5.41, 5.74) is 1.17. The van der Waals surface area contributed by atoms with Crippen LogP contribution in [0.4, 0.5) is 0 Å². The van der Waals surface area contributed by atoms with Crippen molar-refractivity contribution in [2.45, 2.75) is 6.92 Å². The van der Waals surface area contributed by atoms with E-state index >= 15 is 0 Å². The lowest BCUT2D eigenvalue weighted by atomic mass is 10.2. The highest BCUT2D eigenvalue weighted by Gasteiger charge is 2.19. The lowest BCUT2D eigenvalue weighted by Crippen LogP contribution is -2.12. The van der Waals surface area contributed by atoms with Gasteiger partial charge in [-0.1, -0.05) is 11.6 Å². The maximum Gasteiger partial charge on any atom is 0.355 e. The molecule has 0 spiro atoms. The van der Waals surface area contributed by atoms with E-state index in [0.29, 0.717) is 23.3 Å². The first-order chi connectivity index (χ1) is 10.2. The Labute approximate surface area is 126 Å². The minimum Gasteiger partial charge on any atom is -0.461 e. The Bertz CT molecular complexity index is 799. The van der Waals surface area contributed by atoms with Crippen LogP contribution in [0, 0.1) is 0 Å². The first kappa shape index (κ1) is 13.6. The Morgan fingerprint density at radius 3 is 2.76 bits per heavy atom. The molecule has 0 saturated heterocycles. The lowest BCUT2D eigenvalue weighted by molar-refractivity contribution is 0.0517. The number of ether oxygens (including phenoxy) is 1. The largest absolute Gasteiger partial charge is 0.461 e. The third kappa shape index (κ3) is 2.48. The van der Waals surface area contributed by atoms with Crippen LogP contribution in [-0.2, 0) is 4.74 Å². The molecule has 0 amide bonds. The van der Waals surface area contributed by atoms with Gasteiger partial charge < -0.3 is 4.74 Å². The molecule has 0 radical (unpaired) electrons. The monoisotopic (exact) mass is 301 g/mol. The molecule has 0 atom stereocenters. The highest BCUT2D eigenvalue weighted by molar-refractivity contribution is 6.31. The summed E-state index contributed by atoms with van der Waals surface area (Å²) in [6.07, 6.45) is 3.25. The van der Waals surface area contributed by atoms with Gasteiger partial charge in [-0.3, -0.25) is 4.57 Å². The quantitative estimate of drug-likeness (QED) is 0.697. The average Bonchev–Trinajstić information content (AvgIpc) is 2.87. The van der Waals surface area contributed by atoms with Crippen LogP contribution in [0.2, 0.25) is 5.02 Å². The average molecular weight is 302 g/mol. The minimum atomic E-state index is -0.419. The van der Waals surface area contributed by atoms with E-state index in [1.807, 2.05) is 6.07 Å². The van der Waals surface area contributed by atoms with E-state index in [1.54, 1.807) is 48.1 Å². The molecule has 2 heterocycles. The second kappa shape index (κ2) is 5.54. The SMILES string of the molecule is CCOC(=O)c1cc2cc(Cl)ccc2n1-c1ncccn1. The van der Waals surface area contributed by atoms with Crippen LogP contribution < -0.4 is 0 Å². The lowest BCUT2D eigenvalue weighted by Gasteiger charge is -2.07. The zero-order valence-corrected chi connectivity index (χ0v) is 12.0. The third-order valence-electron chi connectivity index (χ3n) is 3.00. The number of halogens is 1. The van der Waals surface area contributed by atoms with Gasteiger partial charge in [-0.15, -0.1) is 0 Å². The van der Waals surface area contributed by atoms with Gasteiger partial charge >= 0.3 is 5.97 Å². The molecule has 6 heteroatoms. The van der Waals surface area contributed by atoms with E-state index in [0.717, 1.165) is 10.9 Å². The van der Waals surface area contributed by atoms with Gasteiger partial charge in [0.05, 0.1) is 12.1 Å². The molecule has 3 aromatic rings. The number of benzene rings is 1. The summed E-state index contributed by atoms with van der Waals surface area (Å²) in [7, 11) is 0. The van der Waals surface area contributed by atoms with Crippen LogP contribution in [-0.4, -0.2) is 27.1 Å². The molecule has 21 heavy (non-hydrogen) atoms. The molecule has 0 N–H and O–H groups in total. The van der Waals surface area contributed by atoms with Crippen molar-refractivity contribution in [2.24, 2.45) is 0 Å². The molecule has 0 saturated carbocycles. The predicted molar refractivity (Wildman–Crippen MR) is 79.8 cm³/mol. The van der Waals surface area contributed by atoms with Crippen molar-refractivity contribution in [3.8, 4) is 5.95 Å². The first-order valence-corrected chi connectivity index (χ1v) is 6.84. The molecule has 5 nitrogen and oxygen atoms in total. The number of hydrogen-bond donors (Lipinski definition) is 0. The molecule has 0 unspecified atom stereocenters. The highest BCUT2D eigenvalue weighted by atomic mass is 35.5. The summed E-state index contributed by atoms with van der Waals surface area (Å²) in [5, 5.41) is 1.43. The van der Waals surface area contributed by atoms with E-state index in [9.17, 15) is 4.79 Å². The zero-order valence-electron chi connectivity index (χ0n) is 11.3. The third-order valence-corrected chi connectivity index (χ3v) is 3.24. The van der Waals surface area contributed by atoms with E-state index in [4.69, 9.17) is 16.3 Å². The summed E-state index contributed by atoms with van der Waals surface area (Å²) >= 11 is 6.01. The second-order valence-electron chi connectivity index (χ2n) is 4.34. The summed E-state index contributed by atoms with van der Waals surface area (Å²) in [4.78, 5) is 20.6. The Morgan fingerprint density at radius 1 is 1.29 bits per heavy atom. The van der Waals surface area contributed by atoms with Gasteiger partial charge in [0, 0.05) is 22.8 Å². The predicted octanol–water partition coefficient (Wildman–Crippen LogP) is 3.25. The van der Waals surface area contributed by atoms with Gasteiger partial charge in [0.15, 0.2) is 0 Å². The number of carbonyl (C=O) groups excluding carboxylic acids is 1. The van der Waals surface area contributed by atoms with Crippen molar-refractivity contribution < 1.29 is 9.53 Å². The van der Waals surface area contributed by atoms with E-state index in [2.05, 4.69) is 9.97 Å². The fourth-order valence-electron chi connectivity index (χ4n) is 2.16. The van der Waals surface area contributed by atoms with Crippen LogP contribution in [0.1, 0.15) is 17.4 Å². The van der Waals surface area contributed by atoms with Crippen LogP contribution >= 0.6 is 11.6 Å². The fraction of sp³-hybridized carbons (Fsp3) is 0.133. The van der Waals surface area contributed by atoms with Crippen molar-refractivity contribution in [1.82, 2.24) is 14.5 Å². The molecular formula is C15H12ClN3O2. The minimum absolute atomic E-state index is 0.302. The summed E-state index contributed by atoms with van der Waals surface area (Å²) in [5.74, 6) is -0.00449. The maximum atomic E-state index is 12.2. The summed E-state index contributed by atoms with van der Waals surface area (Å²) in [6, 6.07) is 8.83. The molecule has 2 aromatic heterocycles. The van der Waals surface area contributed by atoms with Crippen molar-refractivity contribution in [1.29, 1.82) is 0 Å². The number of aromatic nitrogens is 3. The Morgan fingerprint density at radius 2 is 2.05 bits per heavy atom. The zero-order chi connectivity index (χ0) is 14.8. The molecule has 0 fully saturated rings. The Hall–Kier alpha value is -2.40. The van der Waals surface area contributed by atoms with Crippen molar-refractivity contribution in [3.05, 3.63) is 53.4 Å². The van der Waals surface area contributed by atoms with E-state index in [1.165, 1.54) is 0 Å². The number of carbonyl (C=O) groups is 1. The molecule has 0 aliphatic carbocycles. The molecular weight excluding hydrogens is 290 g/mol. The summed E-state index contributed by atoms with van der Waals surface area (Å²) < 4.78 is 6.77. The van der Waals surface area contributed by atoms with Crippen molar-refractivity contribution >= 4 is 28.5 Å². The van der Waals surface area contributed by atoms with Gasteiger partial charge in [0.25, 0.3) is 0 Å². The van der Waals surface area contributed by atoms with Gasteiger partial charge in [0.1, 0.15) is 5.69 Å². The molecule has 0 aliphatic rings. The van der Waals surface area contributed by atoms with Gasteiger partial charge in [-0.25, -0.2) is 14.8 Å². The Balaban J connectivity index is 2.28. The number of fused-ring (bicyclic) bond motifs is 1. The number of esters is 1. The Kier molecular flexibility index (Phi) is 3.58. The van der Waals surface area contributed by atoms with Gasteiger partial charge in [0.2, 0.25) is 5.95 Å². The smallest absolute Gasteiger partial charge is 0.355 e. The number of rotatable bonds is 3. The molecule has 106 valence electrons.